The van der Waals surface area contributed by atoms with Crippen LogP contribution in [0.15, 0.2) is 12.4 Å². The zero-order valence-corrected chi connectivity index (χ0v) is 10.3. The average molecular weight is 235 g/mol. The first-order valence-corrected chi connectivity index (χ1v) is 5.68. The van der Waals surface area contributed by atoms with E-state index in [4.69, 9.17) is 5.11 Å². The summed E-state index contributed by atoms with van der Waals surface area (Å²) < 4.78 is 0. The van der Waals surface area contributed by atoms with Crippen molar-refractivity contribution in [3.8, 4) is 0 Å². The Hall–Kier alpha value is -1.65. The van der Waals surface area contributed by atoms with Crippen LogP contribution in [0.3, 0.4) is 0 Å². The Morgan fingerprint density at radius 2 is 2.06 bits per heavy atom. The predicted molar refractivity (Wildman–Crippen MR) is 64.1 cm³/mol. The highest BCUT2D eigenvalue weighted by atomic mass is 16.4. The number of hydrogen-bond acceptors (Lipinski definition) is 4. The third kappa shape index (κ3) is 2.38. The van der Waals surface area contributed by atoms with E-state index < -0.39 is 5.97 Å². The van der Waals surface area contributed by atoms with Crippen LogP contribution < -0.4 is 4.90 Å². The molecule has 1 saturated heterocycles. The molecule has 2 rings (SSSR count). The van der Waals surface area contributed by atoms with Crippen LogP contribution in [-0.2, 0) is 10.2 Å². The van der Waals surface area contributed by atoms with Gasteiger partial charge >= 0.3 is 5.97 Å². The molecule has 17 heavy (non-hydrogen) atoms. The summed E-state index contributed by atoms with van der Waals surface area (Å²) in [5.74, 6) is -0.170. The zero-order chi connectivity index (χ0) is 12.6. The lowest BCUT2D eigenvalue weighted by Crippen LogP contribution is -2.50. The van der Waals surface area contributed by atoms with E-state index in [1.54, 1.807) is 6.33 Å². The van der Waals surface area contributed by atoms with Crippen molar-refractivity contribution in [1.82, 2.24) is 9.97 Å². The topological polar surface area (TPSA) is 66.3 Å². The maximum atomic E-state index is 10.7. The first-order chi connectivity index (χ1) is 7.88. The van der Waals surface area contributed by atoms with Crippen LogP contribution >= 0.6 is 0 Å². The summed E-state index contributed by atoms with van der Waals surface area (Å²) in [4.78, 5) is 21.1. The van der Waals surface area contributed by atoms with Gasteiger partial charge in [-0.2, -0.15) is 0 Å². The van der Waals surface area contributed by atoms with Crippen molar-refractivity contribution >= 4 is 11.8 Å². The van der Waals surface area contributed by atoms with Crippen molar-refractivity contribution in [2.75, 3.05) is 18.0 Å². The maximum absolute atomic E-state index is 10.7. The first kappa shape index (κ1) is 11.8. The van der Waals surface area contributed by atoms with Crippen molar-refractivity contribution in [1.29, 1.82) is 0 Å². The molecule has 0 radical (unpaired) electrons. The second-order valence-corrected chi connectivity index (χ2v) is 5.45. The van der Waals surface area contributed by atoms with Crippen LogP contribution in [0, 0.1) is 5.92 Å². The SMILES string of the molecule is CC(C)(C)c1cc(N2CC(C(=O)O)C2)ncn1. The van der Waals surface area contributed by atoms with E-state index in [2.05, 4.69) is 30.7 Å². The number of hydrogen-bond donors (Lipinski definition) is 1. The van der Waals surface area contributed by atoms with Gasteiger partial charge in [-0.05, 0) is 0 Å². The Balaban J connectivity index is 2.11. The molecule has 92 valence electrons. The highest BCUT2D eigenvalue weighted by Crippen LogP contribution is 2.26. The average Bonchev–Trinajstić information content (AvgIpc) is 2.13. The number of aromatic nitrogens is 2. The molecule has 0 aromatic carbocycles. The Labute approximate surface area is 100 Å². The molecule has 2 heterocycles. The fraction of sp³-hybridized carbons (Fsp3) is 0.583. The molecule has 5 nitrogen and oxygen atoms in total. The van der Waals surface area contributed by atoms with Crippen molar-refractivity contribution in [2.45, 2.75) is 26.2 Å². The number of carbonyl (C=O) groups is 1. The second-order valence-electron chi connectivity index (χ2n) is 5.45. The van der Waals surface area contributed by atoms with Crippen LogP contribution in [0.25, 0.3) is 0 Å². The molecule has 0 aliphatic carbocycles. The molecule has 1 aliphatic rings. The molecular formula is C12H17N3O2. The summed E-state index contributed by atoms with van der Waals surface area (Å²) in [5, 5.41) is 8.82. The van der Waals surface area contributed by atoms with Crippen LogP contribution in [0.2, 0.25) is 0 Å². The van der Waals surface area contributed by atoms with Crippen molar-refractivity contribution in [3.05, 3.63) is 18.1 Å². The van der Waals surface area contributed by atoms with Crippen molar-refractivity contribution in [2.24, 2.45) is 5.92 Å². The van der Waals surface area contributed by atoms with Gasteiger partial charge in [0.25, 0.3) is 0 Å². The van der Waals surface area contributed by atoms with E-state index in [-0.39, 0.29) is 11.3 Å². The van der Waals surface area contributed by atoms with E-state index in [1.165, 1.54) is 0 Å². The van der Waals surface area contributed by atoms with Gasteiger partial charge in [-0.25, -0.2) is 9.97 Å². The van der Waals surface area contributed by atoms with Crippen LogP contribution in [-0.4, -0.2) is 34.1 Å². The van der Waals surface area contributed by atoms with E-state index in [0.717, 1.165) is 11.5 Å². The van der Waals surface area contributed by atoms with Gasteiger partial charge in [-0.3, -0.25) is 4.79 Å². The van der Waals surface area contributed by atoms with Crippen LogP contribution in [0.1, 0.15) is 26.5 Å². The molecule has 1 fully saturated rings. The minimum absolute atomic E-state index is 0.0191. The molecule has 1 aromatic heterocycles. The lowest BCUT2D eigenvalue weighted by atomic mass is 9.91. The minimum atomic E-state index is -0.730. The minimum Gasteiger partial charge on any atom is -0.481 e. The van der Waals surface area contributed by atoms with Gasteiger partial charge in [-0.15, -0.1) is 0 Å². The lowest BCUT2D eigenvalue weighted by molar-refractivity contribution is -0.142. The number of aliphatic carboxylic acids is 1. The van der Waals surface area contributed by atoms with Crippen LogP contribution in [0.5, 0.6) is 0 Å². The van der Waals surface area contributed by atoms with Gasteiger partial charge in [0.1, 0.15) is 12.1 Å². The second kappa shape index (κ2) is 3.98. The molecule has 0 unspecified atom stereocenters. The molecule has 0 amide bonds. The van der Waals surface area contributed by atoms with E-state index in [9.17, 15) is 4.79 Å². The molecule has 5 heteroatoms. The number of carboxylic acid groups (broad SMARTS) is 1. The van der Waals surface area contributed by atoms with Gasteiger partial charge < -0.3 is 10.0 Å². The fourth-order valence-electron chi connectivity index (χ4n) is 1.75. The van der Waals surface area contributed by atoms with E-state index in [0.29, 0.717) is 13.1 Å². The van der Waals surface area contributed by atoms with Crippen molar-refractivity contribution in [3.63, 3.8) is 0 Å². The highest BCUT2D eigenvalue weighted by Gasteiger charge is 2.33. The van der Waals surface area contributed by atoms with Gasteiger partial charge in [0, 0.05) is 24.6 Å². The summed E-state index contributed by atoms with van der Waals surface area (Å²) in [6, 6.07) is 1.94. The quantitative estimate of drug-likeness (QED) is 0.836. The monoisotopic (exact) mass is 235 g/mol. The summed E-state index contributed by atoms with van der Waals surface area (Å²) in [7, 11) is 0. The summed E-state index contributed by atoms with van der Waals surface area (Å²) >= 11 is 0. The van der Waals surface area contributed by atoms with Gasteiger partial charge in [-0.1, -0.05) is 20.8 Å². The normalized spacial score (nSPS) is 16.8. The smallest absolute Gasteiger partial charge is 0.310 e. The van der Waals surface area contributed by atoms with E-state index >= 15 is 0 Å². The Morgan fingerprint density at radius 3 is 2.59 bits per heavy atom. The molecule has 1 aromatic rings. The van der Waals surface area contributed by atoms with Crippen molar-refractivity contribution < 1.29 is 9.90 Å². The predicted octanol–water partition coefficient (Wildman–Crippen LogP) is 1.29. The number of carboxylic acids is 1. The molecule has 0 atom stereocenters. The molecule has 0 spiro atoms. The zero-order valence-electron chi connectivity index (χ0n) is 10.3. The highest BCUT2D eigenvalue weighted by molar-refractivity contribution is 5.74. The Kier molecular flexibility index (Phi) is 2.77. The largest absolute Gasteiger partial charge is 0.481 e. The Bertz CT molecular complexity index is 434. The summed E-state index contributed by atoms with van der Waals surface area (Å²) in [6.07, 6.45) is 1.55. The maximum Gasteiger partial charge on any atom is 0.310 e. The molecular weight excluding hydrogens is 218 g/mol. The number of rotatable bonds is 2. The lowest BCUT2D eigenvalue weighted by Gasteiger charge is -2.37. The van der Waals surface area contributed by atoms with Crippen LogP contribution in [0.4, 0.5) is 5.82 Å². The summed E-state index contributed by atoms with van der Waals surface area (Å²) in [5.41, 5.74) is 0.954. The van der Waals surface area contributed by atoms with Gasteiger partial charge in [0.15, 0.2) is 0 Å². The third-order valence-corrected chi connectivity index (χ3v) is 2.98. The first-order valence-electron chi connectivity index (χ1n) is 5.68. The van der Waals surface area contributed by atoms with E-state index in [1.807, 2.05) is 11.0 Å². The Morgan fingerprint density at radius 1 is 1.41 bits per heavy atom. The fourth-order valence-corrected chi connectivity index (χ4v) is 1.75. The number of anilines is 1. The molecule has 1 aliphatic heterocycles. The third-order valence-electron chi connectivity index (χ3n) is 2.98. The number of nitrogens with zero attached hydrogens (tertiary/aromatic N) is 3. The standard InChI is InChI=1S/C12H17N3O2/c1-12(2,3)9-4-10(14-7-13-9)15-5-8(6-15)11(16)17/h4,7-8H,5-6H2,1-3H3,(H,16,17). The molecule has 0 bridgehead atoms. The van der Waals surface area contributed by atoms with Gasteiger partial charge in [0.05, 0.1) is 11.6 Å². The summed E-state index contributed by atoms with van der Waals surface area (Å²) in [6.45, 7) is 7.35. The molecule has 1 N–H and O–H groups in total. The van der Waals surface area contributed by atoms with Gasteiger partial charge in [0.2, 0.25) is 0 Å². The molecule has 0 saturated carbocycles.